The molecule has 0 radical (unpaired) electrons. The smallest absolute Gasteiger partial charge is 0.315 e. The molecule has 1 aromatic rings. The fraction of sp³-hybridized carbons (Fsp3) is 0.400. The first-order valence-corrected chi connectivity index (χ1v) is 5.91. The van der Waals surface area contributed by atoms with Crippen LogP contribution >= 0.6 is 11.8 Å². The van der Waals surface area contributed by atoms with E-state index < -0.39 is 24.0 Å². The maximum absolute atomic E-state index is 12.3. The van der Waals surface area contributed by atoms with Gasteiger partial charge < -0.3 is 4.90 Å². The minimum Gasteiger partial charge on any atom is -0.315 e. The molecule has 2 heterocycles. The first-order chi connectivity index (χ1) is 7.97. The zero-order valence-electron chi connectivity index (χ0n) is 8.65. The summed E-state index contributed by atoms with van der Waals surface area (Å²) in [7, 11) is 0. The van der Waals surface area contributed by atoms with E-state index in [0.717, 1.165) is 4.90 Å². The molecule has 1 aliphatic rings. The highest BCUT2D eigenvalue weighted by molar-refractivity contribution is 8.00. The van der Waals surface area contributed by atoms with Gasteiger partial charge in [-0.25, -0.2) is 0 Å². The fourth-order valence-electron chi connectivity index (χ4n) is 1.59. The molecule has 0 N–H and O–H groups in total. The zero-order chi connectivity index (χ0) is 12.5. The highest BCUT2D eigenvalue weighted by Gasteiger charge is 2.41. The van der Waals surface area contributed by atoms with Gasteiger partial charge in [0.15, 0.2) is 0 Å². The predicted molar refractivity (Wildman–Crippen MR) is 57.2 cm³/mol. The molecule has 2 rings (SSSR count). The van der Waals surface area contributed by atoms with Crippen molar-refractivity contribution < 1.29 is 18.0 Å². The topological polar surface area (TPSA) is 33.2 Å². The minimum atomic E-state index is -4.38. The van der Waals surface area contributed by atoms with Gasteiger partial charge in [-0.05, 0) is 12.1 Å². The first-order valence-electron chi connectivity index (χ1n) is 4.86. The van der Waals surface area contributed by atoms with Gasteiger partial charge in [0.25, 0.3) is 0 Å². The van der Waals surface area contributed by atoms with Gasteiger partial charge in [-0.15, -0.1) is 11.8 Å². The summed E-state index contributed by atoms with van der Waals surface area (Å²) in [5.74, 6) is -0.430. The van der Waals surface area contributed by atoms with Gasteiger partial charge in [0.1, 0.15) is 11.9 Å². The Morgan fingerprint density at radius 2 is 2.24 bits per heavy atom. The largest absolute Gasteiger partial charge is 0.406 e. The molecule has 1 fully saturated rings. The van der Waals surface area contributed by atoms with E-state index in [-0.39, 0.29) is 5.75 Å². The molecule has 1 unspecified atom stereocenters. The van der Waals surface area contributed by atoms with E-state index in [1.807, 2.05) is 0 Å². The monoisotopic (exact) mass is 262 g/mol. The van der Waals surface area contributed by atoms with Gasteiger partial charge in [-0.2, -0.15) is 13.2 Å². The van der Waals surface area contributed by atoms with Crippen molar-refractivity contribution in [2.75, 3.05) is 12.3 Å². The predicted octanol–water partition coefficient (Wildman–Crippen LogP) is 2.22. The number of carbonyl (C=O) groups is 1. The van der Waals surface area contributed by atoms with E-state index in [1.54, 1.807) is 18.2 Å². The van der Waals surface area contributed by atoms with Crippen LogP contribution in [0, 0.1) is 0 Å². The Morgan fingerprint density at radius 1 is 1.47 bits per heavy atom. The highest BCUT2D eigenvalue weighted by atomic mass is 32.2. The molecule has 1 amide bonds. The second-order valence-electron chi connectivity index (χ2n) is 3.55. The molecule has 0 aliphatic carbocycles. The summed E-state index contributed by atoms with van der Waals surface area (Å²) in [5.41, 5.74) is 0.479. The molecule has 17 heavy (non-hydrogen) atoms. The molecule has 1 saturated heterocycles. The Kier molecular flexibility index (Phi) is 3.28. The molecule has 0 saturated carbocycles. The van der Waals surface area contributed by atoms with Crippen molar-refractivity contribution in [3.05, 3.63) is 30.1 Å². The van der Waals surface area contributed by atoms with Crippen LogP contribution in [0.15, 0.2) is 24.4 Å². The minimum absolute atomic E-state index is 0.0668. The number of pyridine rings is 1. The van der Waals surface area contributed by atoms with E-state index in [2.05, 4.69) is 4.98 Å². The lowest BCUT2D eigenvalue weighted by molar-refractivity contribution is -0.160. The number of thioether (sulfide) groups is 1. The van der Waals surface area contributed by atoms with Crippen molar-refractivity contribution in [1.82, 2.24) is 9.88 Å². The average Bonchev–Trinajstić information content (AvgIpc) is 2.60. The molecule has 0 bridgehead atoms. The zero-order valence-corrected chi connectivity index (χ0v) is 9.46. The van der Waals surface area contributed by atoms with Gasteiger partial charge in [0, 0.05) is 6.20 Å². The number of hydrogen-bond acceptors (Lipinski definition) is 3. The standard InChI is InChI=1S/C10H9F3N2OS/c11-10(12,13)6-15-8(16)5-17-9(15)7-3-1-2-4-14-7/h1-4,9H,5-6H2. The fourth-order valence-corrected chi connectivity index (χ4v) is 2.73. The van der Waals surface area contributed by atoms with Crippen molar-refractivity contribution in [3.63, 3.8) is 0 Å². The SMILES string of the molecule is O=C1CSC(c2ccccn2)N1CC(F)(F)F. The lowest BCUT2D eigenvalue weighted by Crippen LogP contribution is -2.37. The third kappa shape index (κ3) is 2.91. The molecular formula is C10H9F3N2OS. The number of rotatable bonds is 2. The third-order valence-corrected chi connectivity index (χ3v) is 3.48. The Bertz CT molecular complexity index is 410. The van der Waals surface area contributed by atoms with Crippen LogP contribution in [-0.2, 0) is 4.79 Å². The number of halogens is 3. The summed E-state index contributed by atoms with van der Waals surface area (Å²) in [6, 6.07) is 5.00. The highest BCUT2D eigenvalue weighted by Crippen LogP contribution is 2.39. The second kappa shape index (κ2) is 4.56. The molecule has 0 spiro atoms. The van der Waals surface area contributed by atoms with E-state index in [9.17, 15) is 18.0 Å². The van der Waals surface area contributed by atoms with Gasteiger partial charge in [-0.1, -0.05) is 6.07 Å². The van der Waals surface area contributed by atoms with Crippen LogP contribution in [0.5, 0.6) is 0 Å². The molecule has 7 heteroatoms. The van der Waals surface area contributed by atoms with Crippen LogP contribution in [0.1, 0.15) is 11.1 Å². The molecule has 3 nitrogen and oxygen atoms in total. The Hall–Kier alpha value is -1.24. The summed E-state index contributed by atoms with van der Waals surface area (Å²) in [6.07, 6.45) is -2.88. The van der Waals surface area contributed by atoms with Gasteiger partial charge in [0.05, 0.1) is 11.4 Å². The van der Waals surface area contributed by atoms with E-state index in [4.69, 9.17) is 0 Å². The van der Waals surface area contributed by atoms with Gasteiger partial charge in [-0.3, -0.25) is 9.78 Å². The van der Waals surface area contributed by atoms with Crippen LogP contribution in [0.25, 0.3) is 0 Å². The van der Waals surface area contributed by atoms with Crippen LogP contribution in [0.2, 0.25) is 0 Å². The maximum atomic E-state index is 12.3. The van der Waals surface area contributed by atoms with E-state index in [1.165, 1.54) is 18.0 Å². The van der Waals surface area contributed by atoms with Crippen molar-refractivity contribution in [2.24, 2.45) is 0 Å². The normalized spacial score (nSPS) is 21.0. The second-order valence-corrected chi connectivity index (χ2v) is 4.62. The number of aromatic nitrogens is 1. The maximum Gasteiger partial charge on any atom is 0.406 e. The number of alkyl halides is 3. The Labute approximate surface area is 100 Å². The number of nitrogens with zero attached hydrogens (tertiary/aromatic N) is 2. The summed E-state index contributed by atoms with van der Waals surface area (Å²) < 4.78 is 37.0. The molecule has 1 atom stereocenters. The molecule has 1 aliphatic heterocycles. The number of amides is 1. The molecule has 0 aromatic carbocycles. The molecule has 1 aromatic heterocycles. The van der Waals surface area contributed by atoms with Crippen LogP contribution in [-0.4, -0.2) is 34.3 Å². The van der Waals surface area contributed by atoms with Crippen LogP contribution in [0.4, 0.5) is 13.2 Å². The van der Waals surface area contributed by atoms with Gasteiger partial charge >= 0.3 is 6.18 Å². The van der Waals surface area contributed by atoms with Crippen molar-refractivity contribution in [1.29, 1.82) is 0 Å². The number of hydrogen-bond donors (Lipinski definition) is 0. The summed E-state index contributed by atoms with van der Waals surface area (Å²) in [6.45, 7) is -1.22. The third-order valence-electron chi connectivity index (χ3n) is 2.26. The Morgan fingerprint density at radius 3 is 2.82 bits per heavy atom. The average molecular weight is 262 g/mol. The summed E-state index contributed by atoms with van der Waals surface area (Å²) >= 11 is 1.17. The molecular weight excluding hydrogens is 253 g/mol. The van der Waals surface area contributed by atoms with E-state index in [0.29, 0.717) is 5.69 Å². The quantitative estimate of drug-likeness (QED) is 0.819. The Balaban J connectivity index is 2.20. The van der Waals surface area contributed by atoms with Crippen LogP contribution in [0.3, 0.4) is 0 Å². The van der Waals surface area contributed by atoms with Crippen molar-refractivity contribution in [2.45, 2.75) is 11.6 Å². The summed E-state index contributed by atoms with van der Waals surface area (Å²) in [5, 5.41) is -0.634. The van der Waals surface area contributed by atoms with Crippen molar-refractivity contribution in [3.8, 4) is 0 Å². The van der Waals surface area contributed by atoms with Gasteiger partial charge in [0.2, 0.25) is 5.91 Å². The summed E-state index contributed by atoms with van der Waals surface area (Å²) in [4.78, 5) is 16.2. The van der Waals surface area contributed by atoms with E-state index >= 15 is 0 Å². The number of carbonyl (C=O) groups excluding carboxylic acids is 1. The lowest BCUT2D eigenvalue weighted by atomic mass is 10.3. The molecule has 92 valence electrons. The van der Waals surface area contributed by atoms with Crippen molar-refractivity contribution >= 4 is 17.7 Å². The lowest BCUT2D eigenvalue weighted by Gasteiger charge is -2.24. The first kappa shape index (κ1) is 12.2. The van der Waals surface area contributed by atoms with Crippen LogP contribution < -0.4 is 0 Å².